The van der Waals surface area contributed by atoms with Gasteiger partial charge in [0.05, 0.1) is 0 Å². The summed E-state index contributed by atoms with van der Waals surface area (Å²) >= 11 is 0. The van der Waals surface area contributed by atoms with Crippen LogP contribution in [0.2, 0.25) is 0 Å². The van der Waals surface area contributed by atoms with Gasteiger partial charge in [0.1, 0.15) is 6.21 Å². The van der Waals surface area contributed by atoms with E-state index in [9.17, 15) is 4.79 Å². The molecule has 0 saturated heterocycles. The minimum atomic E-state index is -0.927. The number of nitrogens with zero attached hydrogens (tertiary/aromatic N) is 1. The number of aldehydes is 1. The minimum absolute atomic E-state index is 0.603. The maximum Gasteiger partial charge on any atom is 0.212 e. The summed E-state index contributed by atoms with van der Waals surface area (Å²) in [4.78, 5) is 16.6. The normalized spacial score (nSPS) is 11.3. The van der Waals surface area contributed by atoms with Gasteiger partial charge in [0, 0.05) is 16.7 Å². The van der Waals surface area contributed by atoms with E-state index < -0.39 is 5.60 Å². The highest BCUT2D eigenvalue weighted by molar-refractivity contribution is 6.12. The second-order valence-electron chi connectivity index (χ2n) is 5.26. The lowest BCUT2D eigenvalue weighted by molar-refractivity contribution is -0.102. The zero-order valence-electron chi connectivity index (χ0n) is 13.1. The Balaban J connectivity index is 2.28. The topological polar surface area (TPSA) is 38.7 Å². The van der Waals surface area contributed by atoms with Crippen LogP contribution in [0.5, 0.6) is 0 Å². The van der Waals surface area contributed by atoms with Crippen LogP contribution in [0.15, 0.2) is 96.2 Å². The van der Waals surface area contributed by atoms with Gasteiger partial charge in [-0.15, -0.1) is 0 Å². The molecule has 0 saturated carbocycles. The van der Waals surface area contributed by atoms with Gasteiger partial charge in [0.25, 0.3) is 0 Å². The first kappa shape index (κ1) is 15.7. The highest BCUT2D eigenvalue weighted by atomic mass is 16.6. The third-order valence-corrected chi connectivity index (χ3v) is 3.85. The SMILES string of the molecule is O=CC=NOC(c1ccccc1)(c1ccccc1)c1ccccc1. The molecule has 0 atom stereocenters. The number of carbonyl (C=O) groups excluding carboxylic acids is 1. The Morgan fingerprint density at radius 1 is 0.667 bits per heavy atom. The van der Waals surface area contributed by atoms with E-state index in [1.165, 1.54) is 0 Å². The zero-order valence-corrected chi connectivity index (χ0v) is 13.1. The highest BCUT2D eigenvalue weighted by Gasteiger charge is 2.39. The van der Waals surface area contributed by atoms with Gasteiger partial charge < -0.3 is 4.84 Å². The van der Waals surface area contributed by atoms with E-state index in [-0.39, 0.29) is 0 Å². The van der Waals surface area contributed by atoms with Crippen LogP contribution in [0.25, 0.3) is 0 Å². The van der Waals surface area contributed by atoms with Crippen molar-refractivity contribution in [3.63, 3.8) is 0 Å². The molecule has 3 nitrogen and oxygen atoms in total. The van der Waals surface area contributed by atoms with E-state index in [1.807, 2.05) is 91.0 Å². The Bertz CT molecular complexity index is 702. The maximum atomic E-state index is 10.7. The molecule has 3 aromatic carbocycles. The van der Waals surface area contributed by atoms with Crippen molar-refractivity contribution in [2.24, 2.45) is 5.16 Å². The number of rotatable bonds is 6. The van der Waals surface area contributed by atoms with Crippen molar-refractivity contribution >= 4 is 12.5 Å². The smallest absolute Gasteiger partial charge is 0.212 e. The molecule has 0 spiro atoms. The number of benzene rings is 3. The van der Waals surface area contributed by atoms with Crippen molar-refractivity contribution in [3.8, 4) is 0 Å². The summed E-state index contributed by atoms with van der Waals surface area (Å²) in [5, 5.41) is 3.90. The van der Waals surface area contributed by atoms with E-state index in [0.717, 1.165) is 22.9 Å². The van der Waals surface area contributed by atoms with Crippen LogP contribution >= 0.6 is 0 Å². The molecule has 0 aliphatic carbocycles. The summed E-state index contributed by atoms with van der Waals surface area (Å²) in [5.41, 5.74) is 1.88. The molecular formula is C21H17NO2. The monoisotopic (exact) mass is 315 g/mol. The quantitative estimate of drug-likeness (QED) is 0.296. The van der Waals surface area contributed by atoms with Crippen molar-refractivity contribution in [1.82, 2.24) is 0 Å². The van der Waals surface area contributed by atoms with Crippen molar-refractivity contribution in [1.29, 1.82) is 0 Å². The Labute approximate surface area is 141 Å². The summed E-state index contributed by atoms with van der Waals surface area (Å²) in [6.45, 7) is 0. The molecule has 0 radical (unpaired) electrons. The lowest BCUT2D eigenvalue weighted by Crippen LogP contribution is -2.31. The minimum Gasteiger partial charge on any atom is -0.374 e. The molecule has 0 aliphatic rings. The van der Waals surface area contributed by atoms with Gasteiger partial charge in [-0.05, 0) is 0 Å². The molecule has 0 fully saturated rings. The Morgan fingerprint density at radius 2 is 1.04 bits per heavy atom. The van der Waals surface area contributed by atoms with Crippen molar-refractivity contribution in [2.45, 2.75) is 5.60 Å². The summed E-state index contributed by atoms with van der Waals surface area (Å²) < 4.78 is 0. The lowest BCUT2D eigenvalue weighted by Gasteiger charge is -2.33. The van der Waals surface area contributed by atoms with Gasteiger partial charge in [-0.1, -0.05) is 96.2 Å². The third kappa shape index (κ3) is 2.97. The highest BCUT2D eigenvalue weighted by Crippen LogP contribution is 2.40. The van der Waals surface area contributed by atoms with Gasteiger partial charge in [0.15, 0.2) is 6.29 Å². The Hall–Kier alpha value is -3.20. The van der Waals surface area contributed by atoms with E-state index >= 15 is 0 Å². The number of hydrogen-bond donors (Lipinski definition) is 0. The fourth-order valence-electron chi connectivity index (χ4n) is 2.81. The lowest BCUT2D eigenvalue weighted by atomic mass is 9.80. The van der Waals surface area contributed by atoms with Gasteiger partial charge in [-0.25, -0.2) is 0 Å². The van der Waals surface area contributed by atoms with Crippen LogP contribution in [0.3, 0.4) is 0 Å². The molecule has 0 amide bonds. The molecule has 118 valence electrons. The fourth-order valence-corrected chi connectivity index (χ4v) is 2.81. The predicted octanol–water partition coefficient (Wildman–Crippen LogP) is 4.18. The number of oxime groups is 1. The molecular weight excluding hydrogens is 298 g/mol. The molecule has 0 aliphatic heterocycles. The van der Waals surface area contributed by atoms with E-state index in [4.69, 9.17) is 4.84 Å². The summed E-state index contributed by atoms with van der Waals surface area (Å²) in [5.74, 6) is 0. The van der Waals surface area contributed by atoms with Crippen molar-refractivity contribution in [2.75, 3.05) is 0 Å². The van der Waals surface area contributed by atoms with Crippen molar-refractivity contribution in [3.05, 3.63) is 108 Å². The van der Waals surface area contributed by atoms with E-state index in [0.29, 0.717) is 6.29 Å². The average Bonchev–Trinajstić information content (AvgIpc) is 2.68. The van der Waals surface area contributed by atoms with Crippen molar-refractivity contribution < 1.29 is 9.63 Å². The Kier molecular flexibility index (Phi) is 4.82. The van der Waals surface area contributed by atoms with Gasteiger partial charge in [-0.3, -0.25) is 4.79 Å². The molecule has 0 bridgehead atoms. The third-order valence-electron chi connectivity index (χ3n) is 3.85. The number of hydrogen-bond acceptors (Lipinski definition) is 3. The molecule has 24 heavy (non-hydrogen) atoms. The maximum absolute atomic E-state index is 10.7. The van der Waals surface area contributed by atoms with Gasteiger partial charge in [0.2, 0.25) is 5.60 Å². The van der Waals surface area contributed by atoms with Crippen LogP contribution in [0, 0.1) is 0 Å². The fraction of sp³-hybridized carbons (Fsp3) is 0.0476. The zero-order chi connectivity index (χ0) is 16.7. The van der Waals surface area contributed by atoms with Crippen LogP contribution in [0.1, 0.15) is 16.7 Å². The van der Waals surface area contributed by atoms with Gasteiger partial charge >= 0.3 is 0 Å². The Morgan fingerprint density at radius 3 is 1.38 bits per heavy atom. The van der Waals surface area contributed by atoms with Crippen LogP contribution in [-0.2, 0) is 15.2 Å². The molecule has 0 heterocycles. The molecule has 0 unspecified atom stereocenters. The predicted molar refractivity (Wildman–Crippen MR) is 94.8 cm³/mol. The average molecular weight is 315 g/mol. The molecule has 0 aromatic heterocycles. The molecule has 3 rings (SSSR count). The second kappa shape index (κ2) is 7.38. The summed E-state index contributed by atoms with van der Waals surface area (Å²) in [6.07, 6.45) is 1.72. The van der Waals surface area contributed by atoms with E-state index in [1.54, 1.807) is 0 Å². The summed E-state index contributed by atoms with van der Waals surface area (Å²) in [7, 11) is 0. The first-order valence-electron chi connectivity index (χ1n) is 7.70. The van der Waals surface area contributed by atoms with Crippen LogP contribution < -0.4 is 0 Å². The molecule has 3 aromatic rings. The number of carbonyl (C=O) groups is 1. The summed E-state index contributed by atoms with van der Waals surface area (Å²) in [6, 6.07) is 29.6. The van der Waals surface area contributed by atoms with Gasteiger partial charge in [-0.2, -0.15) is 0 Å². The standard InChI is InChI=1S/C21H17NO2/c23-17-16-22-24-21(18-10-4-1-5-11-18,19-12-6-2-7-13-19)20-14-8-3-9-15-20/h1-17H. The molecule has 0 N–H and O–H groups in total. The first-order valence-corrected chi connectivity index (χ1v) is 7.70. The van der Waals surface area contributed by atoms with Crippen LogP contribution in [0.4, 0.5) is 0 Å². The second-order valence-corrected chi connectivity index (χ2v) is 5.26. The van der Waals surface area contributed by atoms with Crippen LogP contribution in [-0.4, -0.2) is 12.5 Å². The molecule has 3 heteroatoms. The largest absolute Gasteiger partial charge is 0.374 e. The first-order chi connectivity index (χ1) is 11.9. The van der Waals surface area contributed by atoms with E-state index in [2.05, 4.69) is 5.16 Å².